The fraction of sp³-hybridized carbons (Fsp3) is 0.500. The maximum absolute atomic E-state index is 12.0. The van der Waals surface area contributed by atoms with Gasteiger partial charge >= 0.3 is 5.97 Å². The summed E-state index contributed by atoms with van der Waals surface area (Å²) in [7, 11) is -2.17. The van der Waals surface area contributed by atoms with Crippen LogP contribution in [-0.2, 0) is 19.6 Å². The number of sulfonamides is 1. The first-order valence-corrected chi connectivity index (χ1v) is 8.17. The van der Waals surface area contributed by atoms with Crippen molar-refractivity contribution in [3.63, 3.8) is 0 Å². The number of esters is 1. The molecule has 0 fully saturated rings. The summed E-state index contributed by atoms with van der Waals surface area (Å²) in [6.07, 6.45) is 0.342. The lowest BCUT2D eigenvalue weighted by Crippen LogP contribution is -2.18. The highest BCUT2D eigenvalue weighted by Gasteiger charge is 2.14. The predicted octanol–water partition coefficient (Wildman–Crippen LogP) is 2.50. The smallest absolute Gasteiger partial charge is 0.305 e. The van der Waals surface area contributed by atoms with Gasteiger partial charge in [-0.2, -0.15) is 0 Å². The van der Waals surface area contributed by atoms with Crippen LogP contribution in [0.5, 0.6) is 0 Å². The van der Waals surface area contributed by atoms with E-state index in [4.69, 9.17) is 0 Å². The van der Waals surface area contributed by atoms with Crippen LogP contribution in [0.3, 0.4) is 0 Å². The molecule has 0 spiro atoms. The molecule has 5 nitrogen and oxygen atoms in total. The van der Waals surface area contributed by atoms with Crippen molar-refractivity contribution in [2.24, 2.45) is 0 Å². The van der Waals surface area contributed by atoms with Crippen molar-refractivity contribution >= 4 is 21.7 Å². The Bertz CT molecular complexity index is 552. The lowest BCUT2D eigenvalue weighted by molar-refractivity contribution is -0.140. The summed E-state index contributed by atoms with van der Waals surface area (Å²) < 4.78 is 31.0. The number of para-hydroxylation sites is 1. The number of methoxy groups -OCH3 is 1. The Morgan fingerprint density at radius 2 is 1.95 bits per heavy atom. The lowest BCUT2D eigenvalue weighted by atomic mass is 10.0. The molecule has 0 radical (unpaired) electrons. The largest absolute Gasteiger partial charge is 0.469 e. The monoisotopic (exact) mass is 299 g/mol. The van der Waals surface area contributed by atoms with E-state index in [-0.39, 0.29) is 24.5 Å². The third kappa shape index (κ3) is 5.21. The van der Waals surface area contributed by atoms with Crippen LogP contribution in [0.2, 0.25) is 0 Å². The maximum atomic E-state index is 12.0. The average Bonchev–Trinajstić information content (AvgIpc) is 2.38. The van der Waals surface area contributed by atoms with Crippen LogP contribution in [0.1, 0.15) is 38.2 Å². The fourth-order valence-electron chi connectivity index (χ4n) is 1.82. The van der Waals surface area contributed by atoms with Crippen LogP contribution in [0.25, 0.3) is 0 Å². The van der Waals surface area contributed by atoms with Gasteiger partial charge in [0.05, 0.1) is 18.6 Å². The number of hydrogen-bond acceptors (Lipinski definition) is 4. The zero-order chi connectivity index (χ0) is 15.2. The minimum absolute atomic E-state index is 0.100. The van der Waals surface area contributed by atoms with Gasteiger partial charge in [0.25, 0.3) is 0 Å². The van der Waals surface area contributed by atoms with E-state index in [1.54, 1.807) is 12.1 Å². The van der Waals surface area contributed by atoms with E-state index in [0.29, 0.717) is 5.69 Å². The van der Waals surface area contributed by atoms with Crippen LogP contribution in [0, 0.1) is 0 Å². The van der Waals surface area contributed by atoms with Crippen LogP contribution < -0.4 is 4.72 Å². The Hall–Kier alpha value is -1.56. The molecule has 0 aliphatic rings. The van der Waals surface area contributed by atoms with E-state index in [2.05, 4.69) is 9.46 Å². The van der Waals surface area contributed by atoms with Crippen molar-refractivity contribution < 1.29 is 17.9 Å². The summed E-state index contributed by atoms with van der Waals surface area (Å²) in [5, 5.41) is 0. The van der Waals surface area contributed by atoms with E-state index < -0.39 is 16.0 Å². The summed E-state index contributed by atoms with van der Waals surface area (Å²) in [4.78, 5) is 11.0. The predicted molar refractivity (Wildman–Crippen MR) is 79.2 cm³/mol. The molecule has 0 saturated carbocycles. The standard InChI is InChI=1S/C14H21NO4S/c1-11(2)12-7-4-5-8-13(12)15-20(17,18)10-6-9-14(16)19-3/h4-5,7-8,11,15H,6,9-10H2,1-3H3. The first-order valence-electron chi connectivity index (χ1n) is 6.52. The zero-order valence-electron chi connectivity index (χ0n) is 12.0. The average molecular weight is 299 g/mol. The quantitative estimate of drug-likeness (QED) is 0.785. The van der Waals surface area contributed by atoms with Gasteiger partial charge in [-0.25, -0.2) is 8.42 Å². The molecule has 0 unspecified atom stereocenters. The molecule has 0 aromatic heterocycles. The van der Waals surface area contributed by atoms with Crippen LogP contribution in [0.4, 0.5) is 5.69 Å². The topological polar surface area (TPSA) is 72.5 Å². The molecule has 0 bridgehead atoms. The normalized spacial score (nSPS) is 11.4. The van der Waals surface area contributed by atoms with Gasteiger partial charge in [-0.05, 0) is 24.0 Å². The minimum Gasteiger partial charge on any atom is -0.469 e. The van der Waals surface area contributed by atoms with E-state index in [1.165, 1.54) is 7.11 Å². The molecule has 1 N–H and O–H groups in total. The second kappa shape index (κ2) is 7.28. The van der Waals surface area contributed by atoms with Gasteiger partial charge in [0.1, 0.15) is 0 Å². The fourth-order valence-corrected chi connectivity index (χ4v) is 2.97. The second-order valence-electron chi connectivity index (χ2n) is 4.84. The number of carbonyl (C=O) groups excluding carboxylic acids is 1. The molecular formula is C14H21NO4S. The van der Waals surface area contributed by atoms with Gasteiger partial charge in [0.2, 0.25) is 10.0 Å². The molecule has 20 heavy (non-hydrogen) atoms. The number of benzene rings is 1. The minimum atomic E-state index is -3.45. The number of carbonyl (C=O) groups is 1. The summed E-state index contributed by atoms with van der Waals surface area (Å²) in [5.74, 6) is -0.277. The summed E-state index contributed by atoms with van der Waals surface area (Å²) in [6.45, 7) is 4.01. The summed E-state index contributed by atoms with van der Waals surface area (Å²) in [6, 6.07) is 7.31. The van der Waals surface area contributed by atoms with E-state index >= 15 is 0 Å². The Labute approximate surface area is 120 Å². The van der Waals surface area contributed by atoms with Gasteiger partial charge in [-0.15, -0.1) is 0 Å². The van der Waals surface area contributed by atoms with Crippen molar-refractivity contribution in [1.29, 1.82) is 0 Å². The number of hydrogen-bond donors (Lipinski definition) is 1. The third-order valence-electron chi connectivity index (χ3n) is 2.87. The van der Waals surface area contributed by atoms with Gasteiger partial charge in [-0.3, -0.25) is 9.52 Å². The van der Waals surface area contributed by atoms with Crippen molar-refractivity contribution in [3.05, 3.63) is 29.8 Å². The summed E-state index contributed by atoms with van der Waals surface area (Å²) >= 11 is 0. The molecule has 6 heteroatoms. The molecule has 0 saturated heterocycles. The number of nitrogens with one attached hydrogen (secondary N) is 1. The van der Waals surface area contributed by atoms with E-state index in [1.807, 2.05) is 26.0 Å². The lowest BCUT2D eigenvalue weighted by Gasteiger charge is -2.14. The molecule has 0 aliphatic carbocycles. The number of ether oxygens (including phenoxy) is 1. The first kappa shape index (κ1) is 16.5. The van der Waals surface area contributed by atoms with Crippen LogP contribution in [0.15, 0.2) is 24.3 Å². The van der Waals surface area contributed by atoms with Gasteiger partial charge in [-0.1, -0.05) is 32.0 Å². The highest BCUT2D eigenvalue weighted by Crippen LogP contribution is 2.24. The van der Waals surface area contributed by atoms with E-state index in [9.17, 15) is 13.2 Å². The summed E-state index contributed by atoms with van der Waals surface area (Å²) in [5.41, 5.74) is 1.55. The Balaban J connectivity index is 2.69. The van der Waals surface area contributed by atoms with Gasteiger partial charge in [0, 0.05) is 6.42 Å². The Morgan fingerprint density at radius 1 is 1.30 bits per heavy atom. The molecule has 1 aromatic carbocycles. The number of rotatable bonds is 7. The van der Waals surface area contributed by atoms with Crippen LogP contribution in [-0.4, -0.2) is 27.2 Å². The molecular weight excluding hydrogens is 278 g/mol. The SMILES string of the molecule is COC(=O)CCCS(=O)(=O)Nc1ccccc1C(C)C. The van der Waals surface area contributed by atoms with Gasteiger partial charge in [0.15, 0.2) is 0 Å². The van der Waals surface area contributed by atoms with Crippen LogP contribution >= 0.6 is 0 Å². The molecule has 0 amide bonds. The Morgan fingerprint density at radius 3 is 2.55 bits per heavy atom. The van der Waals surface area contributed by atoms with Crippen molar-refractivity contribution in [2.45, 2.75) is 32.6 Å². The van der Waals surface area contributed by atoms with E-state index in [0.717, 1.165) is 5.56 Å². The molecule has 1 rings (SSSR count). The first-order chi connectivity index (χ1) is 9.35. The molecule has 0 atom stereocenters. The van der Waals surface area contributed by atoms with Crippen molar-refractivity contribution in [3.8, 4) is 0 Å². The molecule has 112 valence electrons. The van der Waals surface area contributed by atoms with Gasteiger partial charge < -0.3 is 4.74 Å². The molecule has 0 heterocycles. The molecule has 1 aromatic rings. The van der Waals surface area contributed by atoms with Crippen molar-refractivity contribution in [1.82, 2.24) is 0 Å². The number of anilines is 1. The highest BCUT2D eigenvalue weighted by molar-refractivity contribution is 7.92. The third-order valence-corrected chi connectivity index (χ3v) is 4.23. The second-order valence-corrected chi connectivity index (χ2v) is 6.68. The highest BCUT2D eigenvalue weighted by atomic mass is 32.2. The van der Waals surface area contributed by atoms with Crippen molar-refractivity contribution in [2.75, 3.05) is 17.6 Å². The maximum Gasteiger partial charge on any atom is 0.305 e. The molecule has 0 aliphatic heterocycles. The Kier molecular flexibility index (Phi) is 6.01. The zero-order valence-corrected chi connectivity index (χ0v) is 12.9.